The Labute approximate surface area is 841 Å². The molecule has 146 heavy (non-hydrogen) atoms. The molecule has 0 fully saturated rings. The minimum atomic E-state index is -1.34. The van der Waals surface area contributed by atoms with Crippen molar-refractivity contribution in [3.8, 4) is 5.88 Å². The molecule has 20 N–H and O–H groups in total. The molecule has 796 valence electrons. The van der Waals surface area contributed by atoms with Crippen molar-refractivity contribution in [2.75, 3.05) is 205 Å². The lowest BCUT2D eigenvalue weighted by atomic mass is 9.94. The van der Waals surface area contributed by atoms with Crippen molar-refractivity contribution in [2.45, 2.75) is 121 Å². The van der Waals surface area contributed by atoms with Gasteiger partial charge in [-0.15, -0.1) is 0 Å². The van der Waals surface area contributed by atoms with Gasteiger partial charge in [-0.2, -0.15) is 30.4 Å². The average molecular weight is 2050 g/mol. The molecule has 0 aliphatic heterocycles. The summed E-state index contributed by atoms with van der Waals surface area (Å²) >= 11 is 0. The predicted molar refractivity (Wildman–Crippen MR) is 526 cm³/mol. The number of carboxylic acids is 4. The maximum Gasteiger partial charge on any atom is 0.320 e. The van der Waals surface area contributed by atoms with Crippen molar-refractivity contribution in [3.63, 3.8) is 0 Å². The number of anilines is 5. The van der Waals surface area contributed by atoms with Crippen molar-refractivity contribution in [3.05, 3.63) is 139 Å². The van der Waals surface area contributed by atoms with Crippen LogP contribution >= 0.6 is 0 Å². The Bertz CT molecular complexity index is 5170. The molecular formula is C96H132N20O30. The number of azo groups is 2. The number of nitrogens with one attached hydrogen (secondary N) is 10. The van der Waals surface area contributed by atoms with E-state index in [1.165, 1.54) is 6.33 Å². The third-order valence-electron chi connectivity index (χ3n) is 20.8. The van der Waals surface area contributed by atoms with Crippen molar-refractivity contribution in [1.82, 2.24) is 46.5 Å². The zero-order valence-electron chi connectivity index (χ0n) is 81.2. The van der Waals surface area contributed by atoms with Gasteiger partial charge in [-0.25, -0.2) is 4.98 Å². The summed E-state index contributed by atoms with van der Waals surface area (Å²) < 4.78 is 72.4. The van der Waals surface area contributed by atoms with Crippen LogP contribution in [0, 0.1) is 11.8 Å². The molecule has 0 spiro atoms. The van der Waals surface area contributed by atoms with Crippen LogP contribution in [-0.4, -0.2) is 314 Å². The molecule has 5 aromatic carbocycles. The van der Waals surface area contributed by atoms with Crippen LogP contribution in [0.5, 0.6) is 5.88 Å². The van der Waals surface area contributed by atoms with Gasteiger partial charge in [0.25, 0.3) is 0 Å². The van der Waals surface area contributed by atoms with Crippen LogP contribution in [0.2, 0.25) is 0 Å². The first-order valence-corrected chi connectivity index (χ1v) is 47.5. The fourth-order valence-electron chi connectivity index (χ4n) is 13.0. The molecule has 9 amide bonds. The van der Waals surface area contributed by atoms with Gasteiger partial charge < -0.3 is 152 Å². The summed E-state index contributed by atoms with van der Waals surface area (Å²) in [5, 5.41) is 77.7. The lowest BCUT2D eigenvalue weighted by Gasteiger charge is -2.18. The molecule has 7 aromatic rings. The largest absolute Gasteiger partial charge is 0.481 e. The molecule has 2 heterocycles. The Morgan fingerprint density at radius 2 is 0.685 bits per heavy atom. The number of aliphatic carboxylic acids is 4. The van der Waals surface area contributed by atoms with Gasteiger partial charge in [0.05, 0.1) is 213 Å². The number of carbonyl (C=O) groups is 13. The van der Waals surface area contributed by atoms with Crippen molar-refractivity contribution >= 4 is 140 Å². The molecule has 0 radical (unpaired) electrons. The summed E-state index contributed by atoms with van der Waals surface area (Å²) in [6.07, 6.45) is 1.50. The minimum Gasteiger partial charge on any atom is -0.481 e. The van der Waals surface area contributed by atoms with E-state index in [1.807, 2.05) is 24.3 Å². The van der Waals surface area contributed by atoms with Crippen LogP contribution in [0.15, 0.2) is 148 Å². The molecule has 0 unspecified atom stereocenters. The first-order valence-electron chi connectivity index (χ1n) is 47.5. The number of benzene rings is 5. The van der Waals surface area contributed by atoms with E-state index in [1.54, 1.807) is 97.1 Å². The normalized spacial score (nSPS) is 12.3. The number of fused-ring (bicyclic) bond motifs is 1. The van der Waals surface area contributed by atoms with E-state index in [-0.39, 0.29) is 159 Å². The van der Waals surface area contributed by atoms with Crippen molar-refractivity contribution < 1.29 is 144 Å². The number of rotatable bonds is 81. The van der Waals surface area contributed by atoms with Gasteiger partial charge >= 0.3 is 23.9 Å². The molecule has 0 saturated heterocycles. The van der Waals surface area contributed by atoms with Crippen LogP contribution in [-0.2, 0) is 132 Å². The Balaban J connectivity index is 0.659. The van der Waals surface area contributed by atoms with Crippen molar-refractivity contribution in [2.24, 2.45) is 43.8 Å². The highest BCUT2D eigenvalue weighted by Crippen LogP contribution is 2.27. The first kappa shape index (κ1) is 119. The van der Waals surface area contributed by atoms with Crippen LogP contribution in [0.25, 0.3) is 11.2 Å². The number of hydrogen-bond donors (Lipinski definition) is 17. The number of nitrogens with two attached hydrogens (primary N) is 3. The van der Waals surface area contributed by atoms with Gasteiger partial charge in [-0.1, -0.05) is 24.3 Å². The highest BCUT2D eigenvalue weighted by atomic mass is 16.6. The molecule has 0 saturated carbocycles. The van der Waals surface area contributed by atoms with E-state index < -0.39 is 96.5 Å². The number of H-pyrrole nitrogens is 1. The summed E-state index contributed by atoms with van der Waals surface area (Å²) in [6, 6.07) is 28.8. The molecule has 50 nitrogen and oxygen atoms in total. The number of carboxylic acid groups (broad SMARTS) is 4. The number of aromatic amines is 1. The van der Waals surface area contributed by atoms with Crippen LogP contribution in [0.4, 0.5) is 51.4 Å². The number of hydrogen-bond acceptors (Lipinski definition) is 36. The third-order valence-corrected chi connectivity index (χ3v) is 20.8. The Hall–Kier alpha value is -14.0. The summed E-state index contributed by atoms with van der Waals surface area (Å²) in [4.78, 5) is 176. The average Bonchev–Trinajstić information content (AvgIpc) is 1.67. The Morgan fingerprint density at radius 1 is 0.342 bits per heavy atom. The second-order valence-corrected chi connectivity index (χ2v) is 32.3. The maximum atomic E-state index is 13.7. The SMILES string of the molecule is Nc1nc(OCc2ccc(CNC(=O)CCCC(=O)NCCOCCOCCOCCOCCOCCOCCOCCOCCOCCOCCOCCOCCC(=O)N[C@H](CCC(=O)NCC(=O)Nc3ccc(N=Nc4ccc(NC(=O)CCC[C@@H](C[C@H](N)C(=O)O)C(=O)O)cc4)cc3)C(=O)NCC(=O)Nc3ccc(N=Nc4ccc(NC(=O)CCC[C@@H](C[C@H](N)C(=O)O)C(=O)O)cc4)cc3)cc2)c2nc[nH]c2n1. The van der Waals surface area contributed by atoms with E-state index in [4.69, 9.17) is 89.0 Å². The van der Waals surface area contributed by atoms with Crippen molar-refractivity contribution in [1.29, 1.82) is 0 Å². The second kappa shape index (κ2) is 71.5. The highest BCUT2D eigenvalue weighted by Gasteiger charge is 2.28. The molecule has 7 rings (SSSR count). The number of imidazole rings is 1. The molecule has 5 atom stereocenters. The fourth-order valence-corrected chi connectivity index (χ4v) is 13.0. The summed E-state index contributed by atoms with van der Waals surface area (Å²) in [6.45, 7) is 7.95. The standard InChI is InChI=1S/C96H132N20O30/c97-77(94(130)131)58-67(92(126)127)4-1-8-83(120)106-69-14-22-73(23-15-69)113-115-75-26-18-71(19-27-75)108-86(123)61-102-82(119)31-30-79(90(125)103-62-87(124)109-72-20-28-76(29-21-72)116-114-74-24-16-70(17-25-74)107-84(121)9-2-5-68(93(128)129)59-78(98)95(132)133)110-85(122)32-34-134-36-38-136-40-42-138-44-46-140-48-50-142-52-54-144-56-57-145-55-53-143-51-49-141-47-45-139-43-41-137-39-37-135-35-33-100-80(117)6-3-7-81(118)101-60-65-10-12-66(13-11-65)63-146-91-88-89(105-64-104-88)111-96(99)112-91/h10-29,64,67-68,77-79H,1-9,30-63,97-98H2,(H,100,117)(H,101,118)(H,102,119)(H,103,125)(H,106,120)(H,107,121)(H,108,123)(H,109,124)(H,110,122)(H,126,127)(H,128,129)(H,130,131)(H,132,133)(H3,99,104,105,111,112)/t67-,68-,77-,78-,79+/m0/s1. The third kappa shape index (κ3) is 53.5. The summed E-state index contributed by atoms with van der Waals surface area (Å²) in [7, 11) is 0. The van der Waals surface area contributed by atoms with E-state index in [9.17, 15) is 72.5 Å². The molecule has 0 aliphatic rings. The lowest BCUT2D eigenvalue weighted by Crippen LogP contribution is -2.49. The number of carbonyl (C=O) groups excluding carboxylic acids is 9. The number of amides is 9. The number of nitrogen functional groups attached to an aromatic ring is 1. The fraction of sp³-hybridized carbons (Fsp3) is 0.500. The zero-order chi connectivity index (χ0) is 105. The number of aromatic nitrogens is 4. The van der Waals surface area contributed by atoms with Gasteiger partial charge in [-0.05, 0) is 160 Å². The summed E-state index contributed by atoms with van der Waals surface area (Å²) in [5.41, 5.74) is 22.8. The van der Waals surface area contributed by atoms with E-state index >= 15 is 0 Å². The highest BCUT2D eigenvalue weighted by molar-refractivity contribution is 5.97. The van der Waals surface area contributed by atoms with Gasteiger partial charge in [0.1, 0.15) is 24.7 Å². The van der Waals surface area contributed by atoms with E-state index in [0.717, 1.165) is 11.1 Å². The topological polar surface area (TPSA) is 713 Å². The first-order chi connectivity index (χ1) is 70.7. The molecular weight excluding hydrogens is 1910 g/mol. The van der Waals surface area contributed by atoms with E-state index in [2.05, 4.69) is 88.2 Å². The predicted octanol–water partition coefficient (Wildman–Crippen LogP) is 5.83. The van der Waals surface area contributed by atoms with Crippen LogP contribution < -0.4 is 69.8 Å². The quantitative estimate of drug-likeness (QED) is 0.0157. The Morgan fingerprint density at radius 3 is 1.07 bits per heavy atom. The zero-order valence-corrected chi connectivity index (χ0v) is 81.2. The van der Waals surface area contributed by atoms with Crippen LogP contribution in [0.1, 0.15) is 101 Å². The van der Waals surface area contributed by atoms with Gasteiger partial charge in [-0.3, -0.25) is 62.3 Å². The molecule has 2 aromatic heterocycles. The number of nitrogens with zero attached hydrogens (tertiary/aromatic N) is 7. The minimum absolute atomic E-state index is 0.0110. The second-order valence-electron chi connectivity index (χ2n) is 32.3. The monoisotopic (exact) mass is 2040 g/mol. The lowest BCUT2D eigenvalue weighted by molar-refractivity contribution is -0.145. The smallest absolute Gasteiger partial charge is 0.320 e. The summed E-state index contributed by atoms with van der Waals surface area (Å²) in [5.74, 6) is -11.1. The number of ether oxygens (including phenoxy) is 13. The van der Waals surface area contributed by atoms with Gasteiger partial charge in [0.15, 0.2) is 11.2 Å². The molecule has 50 heteroatoms. The Kier molecular flexibility index (Phi) is 58.2. The van der Waals surface area contributed by atoms with Crippen LogP contribution in [0.3, 0.4) is 0 Å². The van der Waals surface area contributed by atoms with E-state index in [0.29, 0.717) is 202 Å². The maximum absolute atomic E-state index is 13.7. The van der Waals surface area contributed by atoms with Gasteiger partial charge in [0.2, 0.25) is 65.0 Å². The molecule has 0 aliphatic carbocycles. The molecule has 0 bridgehead atoms. The van der Waals surface area contributed by atoms with Gasteiger partial charge in [0, 0.05) is 74.4 Å².